The molecule has 0 unspecified atom stereocenters. The van der Waals surface area contributed by atoms with Crippen LogP contribution in [0.1, 0.15) is 128 Å². The molecule has 3 fully saturated rings. The van der Waals surface area contributed by atoms with Crippen molar-refractivity contribution in [3.8, 4) is 0 Å². The van der Waals surface area contributed by atoms with Gasteiger partial charge in [0.05, 0.1) is 42.2 Å². The molecular weight excluding hydrogens is 1120 g/mol. The first-order valence-electron chi connectivity index (χ1n) is 28.4. The van der Waals surface area contributed by atoms with Gasteiger partial charge in [0.15, 0.2) is 6.29 Å². The Morgan fingerprint density at radius 1 is 0.741 bits per heavy atom. The average Bonchev–Trinajstić information content (AvgIpc) is 3.31. The van der Waals surface area contributed by atoms with E-state index in [1.807, 2.05) is 0 Å². The number of alkyl carbamates (subject to hydrolysis) is 4. The summed E-state index contributed by atoms with van der Waals surface area (Å²) < 4.78 is 52.9. The zero-order chi connectivity index (χ0) is 63.6. The molecule has 10 N–H and O–H groups in total. The summed E-state index contributed by atoms with van der Waals surface area (Å²) in [7, 11) is 1.30. The summed E-state index contributed by atoms with van der Waals surface area (Å²) >= 11 is 0. The lowest BCUT2D eigenvalue weighted by molar-refractivity contribution is -0.384. The number of hydrogen-bond donors (Lipinski definition) is 10. The molecule has 85 heavy (non-hydrogen) atoms. The summed E-state index contributed by atoms with van der Waals surface area (Å²) in [5, 5.41) is 75.6. The van der Waals surface area contributed by atoms with Gasteiger partial charge in [0, 0.05) is 31.8 Å². The number of hydrogen-bond acceptors (Lipinski definition) is 22. The van der Waals surface area contributed by atoms with Crippen molar-refractivity contribution >= 4 is 42.1 Å². The monoisotopic (exact) mass is 1210 g/mol. The lowest BCUT2D eigenvalue weighted by atomic mass is 9.80. The largest absolute Gasteiger partial charge is 0.466 e. The smallest absolute Gasteiger partial charge is 0.410 e. The van der Waals surface area contributed by atoms with Crippen LogP contribution in [0.25, 0.3) is 0 Å². The van der Waals surface area contributed by atoms with Crippen molar-refractivity contribution in [1.82, 2.24) is 36.8 Å². The summed E-state index contributed by atoms with van der Waals surface area (Å²) in [6.45, 7) is 20.5. The van der Waals surface area contributed by atoms with Crippen molar-refractivity contribution in [2.45, 2.75) is 230 Å². The van der Waals surface area contributed by atoms with E-state index in [0.29, 0.717) is 24.9 Å². The molecule has 0 spiro atoms. The molecule has 480 valence electrons. The lowest BCUT2D eigenvalue weighted by Crippen LogP contribution is -2.71. The Kier molecular flexibility index (Phi) is 23.6. The summed E-state index contributed by atoms with van der Waals surface area (Å²) in [4.78, 5) is 90.7. The van der Waals surface area contributed by atoms with Crippen LogP contribution in [-0.2, 0) is 54.0 Å². The number of likely N-dealkylation sites (N-methyl/N-ethyl adjacent to an activating group) is 1. The predicted molar refractivity (Wildman–Crippen MR) is 301 cm³/mol. The highest BCUT2D eigenvalue weighted by atomic mass is 16.7. The van der Waals surface area contributed by atoms with Crippen LogP contribution in [0.3, 0.4) is 0 Å². The number of aliphatic hydroxyl groups is 4. The highest BCUT2D eigenvalue weighted by molar-refractivity contribution is 5.81. The Labute approximate surface area is 495 Å². The molecule has 1 aromatic rings. The van der Waals surface area contributed by atoms with Crippen LogP contribution < -0.4 is 31.9 Å². The van der Waals surface area contributed by atoms with Crippen LogP contribution in [0.4, 0.5) is 29.7 Å². The van der Waals surface area contributed by atoms with E-state index < -0.39 is 143 Å². The van der Waals surface area contributed by atoms with Gasteiger partial charge in [0.25, 0.3) is 5.69 Å². The van der Waals surface area contributed by atoms with Gasteiger partial charge in [-0.2, -0.15) is 0 Å². The number of nitro benzene ring substituents is 1. The van der Waals surface area contributed by atoms with Gasteiger partial charge < -0.3 is 99.9 Å². The molecule has 29 heteroatoms. The fraction of sp³-hybridized carbons (Fsp3) is 0.750. The number of nitrogens with zero attached hydrogens (tertiary/aromatic N) is 2. The van der Waals surface area contributed by atoms with Gasteiger partial charge in [0.2, 0.25) is 12.2 Å². The standard InChI is InChI=1S/C56H90N8O21/c1-52(2,3)82-48(70)57-22-21-38(65)44(68)61-36-25-37(62-50(72)84-54(7,8)9)42(39(66)41(36)81-46-40(67)43(56(13,74)29-78-46)63(14)51(73)85-55(10,11)12)80-45-35(58-26-31-23-32(24-31)60-49(71)83-53(4,5)6)20-19-34(79-45)27-59-47(69)77-28-30-15-17-33(18-16-30)64(75)76/h15-19,31-32,35-43,45-46,58,65-67,74H,20-29H2,1-14H3,(H,57,70)(H,59,69)(H,60,71)(H,61,68)(H,62,72)/t31-,32-,35-,36-,37+,38+,39-,40-,41+,42-,43-,45-,46-,56+/m1/s1. The highest BCUT2D eigenvalue weighted by Crippen LogP contribution is 2.36. The van der Waals surface area contributed by atoms with Crippen molar-refractivity contribution in [2.24, 2.45) is 5.92 Å². The minimum absolute atomic E-state index is 0.0616. The number of amides is 6. The van der Waals surface area contributed by atoms with Gasteiger partial charge in [0.1, 0.15) is 70.9 Å². The number of carbonyl (C=O) groups is 6. The van der Waals surface area contributed by atoms with E-state index in [-0.39, 0.29) is 62.4 Å². The molecule has 1 aromatic carbocycles. The molecule has 4 aliphatic rings. The number of nitro groups is 1. The number of rotatable bonds is 20. The van der Waals surface area contributed by atoms with Crippen molar-refractivity contribution in [2.75, 3.05) is 33.3 Å². The van der Waals surface area contributed by atoms with Gasteiger partial charge >= 0.3 is 30.5 Å². The van der Waals surface area contributed by atoms with E-state index in [2.05, 4.69) is 31.9 Å². The fourth-order valence-corrected chi connectivity index (χ4v) is 9.76. The maximum Gasteiger partial charge on any atom is 0.410 e. The van der Waals surface area contributed by atoms with Gasteiger partial charge in [-0.1, -0.05) is 0 Å². The molecule has 6 amide bonds. The van der Waals surface area contributed by atoms with E-state index in [0.717, 1.165) is 4.90 Å². The highest BCUT2D eigenvalue weighted by Gasteiger charge is 2.55. The Morgan fingerprint density at radius 3 is 1.87 bits per heavy atom. The summed E-state index contributed by atoms with van der Waals surface area (Å²) in [6, 6.07) is 0.451. The second-order valence-electron chi connectivity index (χ2n) is 26.0. The molecule has 0 radical (unpaired) electrons. The van der Waals surface area contributed by atoms with Crippen LogP contribution in [0.2, 0.25) is 0 Å². The number of benzene rings is 1. The third-order valence-electron chi connectivity index (χ3n) is 13.6. The summed E-state index contributed by atoms with van der Waals surface area (Å²) in [6.07, 6.45) is -13.6. The minimum Gasteiger partial charge on any atom is -0.466 e. The van der Waals surface area contributed by atoms with Crippen LogP contribution in [0, 0.1) is 16.0 Å². The first-order valence-corrected chi connectivity index (χ1v) is 28.4. The van der Waals surface area contributed by atoms with Gasteiger partial charge in [-0.25, -0.2) is 24.0 Å². The number of nitrogens with one attached hydrogen (secondary N) is 6. The normalized spacial score (nSPS) is 28.3. The fourth-order valence-electron chi connectivity index (χ4n) is 9.76. The molecule has 2 aliphatic heterocycles. The molecular formula is C56H90N8O21. The maximum absolute atomic E-state index is 14.0. The lowest BCUT2D eigenvalue weighted by Gasteiger charge is -2.50. The number of non-ortho nitro benzene ring substituents is 1. The van der Waals surface area contributed by atoms with E-state index in [1.165, 1.54) is 38.2 Å². The van der Waals surface area contributed by atoms with Crippen molar-refractivity contribution in [3.63, 3.8) is 0 Å². The van der Waals surface area contributed by atoms with E-state index in [1.54, 1.807) is 89.2 Å². The Hall–Kier alpha value is -6.34. The molecule has 5 rings (SSSR count). The molecule has 1 saturated heterocycles. The van der Waals surface area contributed by atoms with Gasteiger partial charge in [-0.3, -0.25) is 14.9 Å². The number of ether oxygens (including phenoxy) is 9. The Morgan fingerprint density at radius 2 is 1.29 bits per heavy atom. The molecule has 12 atom stereocenters. The predicted octanol–water partition coefficient (Wildman–Crippen LogP) is 3.61. The second-order valence-corrected chi connectivity index (χ2v) is 26.0. The average molecular weight is 1210 g/mol. The van der Waals surface area contributed by atoms with E-state index >= 15 is 0 Å². The molecule has 0 bridgehead atoms. The zero-order valence-corrected chi connectivity index (χ0v) is 51.1. The Balaban J connectivity index is 1.47. The molecule has 2 saturated carbocycles. The van der Waals surface area contributed by atoms with Crippen LogP contribution >= 0.6 is 0 Å². The van der Waals surface area contributed by atoms with Crippen LogP contribution in [0.5, 0.6) is 0 Å². The topological polar surface area (TPSA) is 385 Å². The van der Waals surface area contributed by atoms with Crippen molar-refractivity contribution < 1.29 is 96.7 Å². The third-order valence-corrected chi connectivity index (χ3v) is 13.6. The van der Waals surface area contributed by atoms with Crippen molar-refractivity contribution in [3.05, 3.63) is 51.8 Å². The maximum atomic E-state index is 14.0. The quantitative estimate of drug-likeness (QED) is 0.0506. The molecule has 2 aliphatic carbocycles. The number of carbonyl (C=O) groups excluding carboxylic acids is 6. The second kappa shape index (κ2) is 28.9. The first kappa shape index (κ1) is 69.4. The summed E-state index contributed by atoms with van der Waals surface area (Å²) in [5.41, 5.74) is -5.12. The molecule has 29 nitrogen and oxygen atoms in total. The van der Waals surface area contributed by atoms with E-state index in [4.69, 9.17) is 42.6 Å². The number of aliphatic hydroxyl groups excluding tert-OH is 3. The molecule has 0 aromatic heterocycles. The SMILES string of the molecule is CN(C(=O)OC(C)(C)C)[C@@H]1[C@@H](O)[C@@H](O[C@@H]2[C@@H](O)[C@H](O[C@H]3OC(CNC(=O)OCc4ccc([N+](=O)[O-])cc4)=CC[C@H]3NC[C@H]3C[C@H](NC(=O)OC(C)(C)C)C3)[C@@H](NC(=O)OC(C)(C)C)C[C@H]2NC(=O)[C@@H](O)CCNC(=O)OC(C)(C)C)OC[C@]1(C)O. The minimum atomic E-state index is -1.93. The third kappa shape index (κ3) is 22.2. The zero-order valence-electron chi connectivity index (χ0n) is 51.1. The van der Waals surface area contributed by atoms with Crippen LogP contribution in [-0.4, -0.2) is 201 Å². The van der Waals surface area contributed by atoms with Crippen LogP contribution in [0.15, 0.2) is 36.1 Å². The van der Waals surface area contributed by atoms with Gasteiger partial charge in [-0.15, -0.1) is 0 Å². The van der Waals surface area contributed by atoms with Gasteiger partial charge in [-0.05, 0) is 158 Å². The molecule has 2 heterocycles. The summed E-state index contributed by atoms with van der Waals surface area (Å²) in [5.74, 6) is -0.760. The first-order chi connectivity index (χ1) is 39.3. The van der Waals surface area contributed by atoms with Crippen molar-refractivity contribution in [1.29, 1.82) is 0 Å². The van der Waals surface area contributed by atoms with E-state index in [9.17, 15) is 59.3 Å². The Bertz CT molecular complexity index is 2490.